The molecule has 40 heavy (non-hydrogen) atoms. The third-order valence-corrected chi connectivity index (χ3v) is 8.19. The highest BCUT2D eigenvalue weighted by atomic mass is 35.5. The maximum atomic E-state index is 13.4. The van der Waals surface area contributed by atoms with Gasteiger partial charge in [0.2, 0.25) is 0 Å². The Kier molecular flexibility index (Phi) is 10.3. The van der Waals surface area contributed by atoms with Crippen LogP contribution in [0.5, 0.6) is 0 Å². The Bertz CT molecular complexity index is 1310. The molecule has 0 radical (unpaired) electrons. The average Bonchev–Trinajstić information content (AvgIpc) is 3.47. The molecule has 4 rings (SSSR count). The van der Waals surface area contributed by atoms with Crippen LogP contribution in [-0.4, -0.2) is 58.7 Å². The number of amides is 2. The van der Waals surface area contributed by atoms with Gasteiger partial charge in [-0.3, -0.25) is 9.59 Å². The zero-order chi connectivity index (χ0) is 28.7. The van der Waals surface area contributed by atoms with Gasteiger partial charge in [-0.05, 0) is 46.7 Å². The van der Waals surface area contributed by atoms with Crippen molar-refractivity contribution in [3.63, 3.8) is 0 Å². The summed E-state index contributed by atoms with van der Waals surface area (Å²) in [6, 6.07) is 22.4. The van der Waals surface area contributed by atoms with Crippen LogP contribution in [0.3, 0.4) is 0 Å². The second-order valence-electron chi connectivity index (χ2n) is 11.3. The van der Waals surface area contributed by atoms with Crippen LogP contribution in [-0.2, 0) is 18.4 Å². The molecule has 0 bridgehead atoms. The first-order valence-electron chi connectivity index (χ1n) is 13.6. The summed E-state index contributed by atoms with van der Waals surface area (Å²) in [5.41, 5.74) is 4.12. The minimum Gasteiger partial charge on any atom is -0.390 e. The van der Waals surface area contributed by atoms with Crippen molar-refractivity contribution in [2.45, 2.75) is 51.3 Å². The minimum atomic E-state index is -0.850. The predicted octanol–water partition coefficient (Wildman–Crippen LogP) is 5.28. The number of carbonyl (C=O) groups is 2. The smallest absolute Gasteiger partial charge is 0.254 e. The van der Waals surface area contributed by atoms with E-state index in [-0.39, 0.29) is 17.2 Å². The molecule has 1 heterocycles. The first-order valence-corrected chi connectivity index (χ1v) is 15.1. The number of aliphatic hydroxyl groups is 1. The summed E-state index contributed by atoms with van der Waals surface area (Å²) < 4.78 is 0. The van der Waals surface area contributed by atoms with Gasteiger partial charge in [0.05, 0.1) is 18.0 Å². The molecule has 0 spiro atoms. The molecule has 0 aromatic heterocycles. The molecular weight excluding hydrogens is 542 g/mol. The molecule has 1 saturated heterocycles. The van der Waals surface area contributed by atoms with E-state index in [0.29, 0.717) is 48.1 Å². The van der Waals surface area contributed by atoms with Crippen LogP contribution >= 0.6 is 23.4 Å². The van der Waals surface area contributed by atoms with E-state index >= 15 is 0 Å². The largest absolute Gasteiger partial charge is 0.390 e. The Morgan fingerprint density at radius 2 is 1.73 bits per heavy atom. The van der Waals surface area contributed by atoms with Gasteiger partial charge >= 0.3 is 0 Å². The van der Waals surface area contributed by atoms with Crippen molar-refractivity contribution in [1.82, 2.24) is 15.5 Å². The third-order valence-electron chi connectivity index (χ3n) is 7.00. The van der Waals surface area contributed by atoms with Crippen molar-refractivity contribution in [3.8, 4) is 0 Å². The first-order chi connectivity index (χ1) is 19.1. The van der Waals surface area contributed by atoms with E-state index in [0.717, 1.165) is 16.9 Å². The predicted molar refractivity (Wildman–Crippen MR) is 164 cm³/mol. The van der Waals surface area contributed by atoms with Gasteiger partial charge in [0.25, 0.3) is 11.8 Å². The zero-order valence-corrected chi connectivity index (χ0v) is 24.9. The van der Waals surface area contributed by atoms with Crippen molar-refractivity contribution in [2.24, 2.45) is 0 Å². The number of rotatable bonds is 10. The molecule has 2 atom stereocenters. The summed E-state index contributed by atoms with van der Waals surface area (Å²) in [7, 11) is 0. The van der Waals surface area contributed by atoms with E-state index in [1.807, 2.05) is 30.3 Å². The lowest BCUT2D eigenvalue weighted by Crippen LogP contribution is -2.48. The lowest BCUT2D eigenvalue weighted by atomic mass is 9.86. The Hall–Kier alpha value is -2.84. The maximum absolute atomic E-state index is 13.4. The molecule has 0 aliphatic carbocycles. The molecule has 3 aromatic carbocycles. The summed E-state index contributed by atoms with van der Waals surface area (Å²) in [5, 5.41) is 17.9. The monoisotopic (exact) mass is 579 g/mol. The van der Waals surface area contributed by atoms with Crippen LogP contribution in [0.1, 0.15) is 58.2 Å². The molecule has 1 aliphatic heterocycles. The van der Waals surface area contributed by atoms with Crippen LogP contribution in [0, 0.1) is 0 Å². The third kappa shape index (κ3) is 8.33. The quantitative estimate of drug-likeness (QED) is 0.305. The standard InChI is InChI=1S/C32H38ClN3O3S/c1-32(2,3)26-11-7-10-23(14-26)19-34-20-29(37)28(15-22-8-5-4-6-9-22)35-30(38)24-16-25(18-27(33)17-24)31(39)36-12-13-40-21-36/h4-11,14,16-18,28-29,34,37H,12-13,15,19-21H2,1-3H3,(H,35,38)/t28-,29+/m0/s1. The highest BCUT2D eigenvalue weighted by Gasteiger charge is 2.25. The molecule has 1 aliphatic rings. The van der Waals surface area contributed by atoms with E-state index < -0.39 is 12.1 Å². The van der Waals surface area contributed by atoms with Gasteiger partial charge in [-0.25, -0.2) is 0 Å². The van der Waals surface area contributed by atoms with E-state index in [1.54, 1.807) is 34.9 Å². The number of nitrogens with zero attached hydrogens (tertiary/aromatic N) is 1. The van der Waals surface area contributed by atoms with Crippen LogP contribution < -0.4 is 10.6 Å². The van der Waals surface area contributed by atoms with Crippen molar-refractivity contribution < 1.29 is 14.7 Å². The van der Waals surface area contributed by atoms with Gasteiger partial charge in [-0.2, -0.15) is 0 Å². The topological polar surface area (TPSA) is 81.7 Å². The lowest BCUT2D eigenvalue weighted by molar-refractivity contribution is 0.0802. The second-order valence-corrected chi connectivity index (χ2v) is 12.8. The Balaban J connectivity index is 1.45. The molecule has 212 valence electrons. The summed E-state index contributed by atoms with van der Waals surface area (Å²) in [5.74, 6) is 1.01. The van der Waals surface area contributed by atoms with Crippen LogP contribution in [0.4, 0.5) is 0 Å². The number of halogens is 1. The number of thioether (sulfide) groups is 1. The van der Waals surface area contributed by atoms with Gasteiger partial charge in [0.15, 0.2) is 0 Å². The molecule has 3 aromatic rings. The Morgan fingerprint density at radius 1 is 1.00 bits per heavy atom. The van der Waals surface area contributed by atoms with Gasteiger partial charge in [-0.1, -0.05) is 87.0 Å². The summed E-state index contributed by atoms with van der Waals surface area (Å²) in [4.78, 5) is 28.1. The molecule has 8 heteroatoms. The molecule has 6 nitrogen and oxygen atoms in total. The SMILES string of the molecule is CC(C)(C)c1cccc(CNC[C@@H](O)[C@H](Cc2ccccc2)NC(=O)c2cc(Cl)cc(C(=O)N3CCSC3)c2)c1. The molecule has 0 saturated carbocycles. The van der Waals surface area contributed by atoms with E-state index in [9.17, 15) is 14.7 Å². The normalized spacial score (nSPS) is 15.1. The highest BCUT2D eigenvalue weighted by molar-refractivity contribution is 7.99. The number of benzene rings is 3. The summed E-state index contributed by atoms with van der Waals surface area (Å²) >= 11 is 8.02. The van der Waals surface area contributed by atoms with Gasteiger partial charge in [0.1, 0.15) is 0 Å². The lowest BCUT2D eigenvalue weighted by Gasteiger charge is -2.25. The number of aliphatic hydroxyl groups excluding tert-OH is 1. The Labute approximate surface area is 246 Å². The fourth-order valence-corrected chi connectivity index (χ4v) is 5.84. The second kappa shape index (κ2) is 13.7. The van der Waals surface area contributed by atoms with Crippen molar-refractivity contribution >= 4 is 35.2 Å². The van der Waals surface area contributed by atoms with Gasteiger partial charge in [-0.15, -0.1) is 11.8 Å². The van der Waals surface area contributed by atoms with Gasteiger partial charge in [0, 0.05) is 41.5 Å². The van der Waals surface area contributed by atoms with Crippen molar-refractivity contribution in [3.05, 3.63) is 106 Å². The van der Waals surface area contributed by atoms with Crippen molar-refractivity contribution in [1.29, 1.82) is 0 Å². The van der Waals surface area contributed by atoms with E-state index in [2.05, 4.69) is 55.7 Å². The number of hydrogen-bond donors (Lipinski definition) is 3. The summed E-state index contributed by atoms with van der Waals surface area (Å²) in [6.07, 6.45) is -0.399. The van der Waals surface area contributed by atoms with Crippen LogP contribution in [0.2, 0.25) is 5.02 Å². The number of nitrogens with one attached hydrogen (secondary N) is 2. The molecule has 3 N–H and O–H groups in total. The molecule has 2 amide bonds. The summed E-state index contributed by atoms with van der Waals surface area (Å²) in [6.45, 7) is 8.13. The molecule has 0 unspecified atom stereocenters. The fourth-order valence-electron chi connectivity index (χ4n) is 4.66. The van der Waals surface area contributed by atoms with Crippen LogP contribution in [0.25, 0.3) is 0 Å². The van der Waals surface area contributed by atoms with E-state index in [4.69, 9.17) is 11.6 Å². The Morgan fingerprint density at radius 3 is 2.42 bits per heavy atom. The van der Waals surface area contributed by atoms with Gasteiger partial charge < -0.3 is 20.6 Å². The fraction of sp³-hybridized carbons (Fsp3) is 0.375. The van der Waals surface area contributed by atoms with E-state index in [1.165, 1.54) is 5.56 Å². The molecular formula is C32H38ClN3O3S. The van der Waals surface area contributed by atoms with Crippen LogP contribution in [0.15, 0.2) is 72.8 Å². The number of carbonyl (C=O) groups excluding carboxylic acids is 2. The average molecular weight is 580 g/mol. The first kappa shape index (κ1) is 30.1. The minimum absolute atomic E-state index is 0.0544. The maximum Gasteiger partial charge on any atom is 0.254 e. The van der Waals surface area contributed by atoms with Crippen molar-refractivity contribution in [2.75, 3.05) is 24.7 Å². The molecule has 1 fully saturated rings. The number of hydrogen-bond acceptors (Lipinski definition) is 5. The highest BCUT2D eigenvalue weighted by Crippen LogP contribution is 2.23. The zero-order valence-electron chi connectivity index (χ0n) is 23.3.